The van der Waals surface area contributed by atoms with Crippen molar-refractivity contribution >= 4 is 23.7 Å². The molecule has 2 N–H and O–H groups in total. The third kappa shape index (κ3) is 6.47. The Morgan fingerprint density at radius 2 is 1.41 bits per heavy atom. The van der Waals surface area contributed by atoms with Gasteiger partial charge >= 0.3 is 0 Å². The Hall–Kier alpha value is -4.06. The number of rotatable bonds is 10. The van der Waals surface area contributed by atoms with Crippen molar-refractivity contribution in [2.24, 2.45) is 5.92 Å². The van der Waals surface area contributed by atoms with Gasteiger partial charge in [0.2, 0.25) is 0 Å². The van der Waals surface area contributed by atoms with Crippen molar-refractivity contribution in [3.63, 3.8) is 0 Å². The summed E-state index contributed by atoms with van der Waals surface area (Å²) in [6.45, 7) is 0.403. The average Bonchev–Trinajstić information content (AvgIpc) is 3.30. The van der Waals surface area contributed by atoms with Crippen LogP contribution in [0.25, 0.3) is 12.2 Å². The van der Waals surface area contributed by atoms with Crippen LogP contribution in [0.5, 0.6) is 23.0 Å². The summed E-state index contributed by atoms with van der Waals surface area (Å²) in [5.41, 5.74) is 1.33. The van der Waals surface area contributed by atoms with E-state index in [1.807, 2.05) is 24.3 Å². The van der Waals surface area contributed by atoms with Crippen LogP contribution in [0.15, 0.2) is 72.9 Å². The quantitative estimate of drug-likeness (QED) is 0.425. The molecule has 0 amide bonds. The van der Waals surface area contributed by atoms with Crippen LogP contribution in [0.1, 0.15) is 17.5 Å². The number of ether oxygens (including phenoxy) is 2. The molecule has 3 rings (SSSR count). The van der Waals surface area contributed by atoms with Gasteiger partial charge in [-0.3, -0.25) is 9.59 Å². The topological polar surface area (TPSA) is 93.1 Å². The molecule has 0 unspecified atom stereocenters. The van der Waals surface area contributed by atoms with Gasteiger partial charge in [0.25, 0.3) is 0 Å². The summed E-state index contributed by atoms with van der Waals surface area (Å²) in [5, 5.41) is 19.6. The maximum absolute atomic E-state index is 12.1. The predicted octanol–water partition coefficient (Wildman–Crippen LogP) is 4.48. The second kappa shape index (κ2) is 10.8. The van der Waals surface area contributed by atoms with Gasteiger partial charge in [0.05, 0.1) is 20.1 Å². The number of benzene rings is 2. The van der Waals surface area contributed by atoms with Crippen LogP contribution < -0.4 is 9.47 Å². The van der Waals surface area contributed by atoms with E-state index in [2.05, 4.69) is 0 Å². The van der Waals surface area contributed by atoms with Gasteiger partial charge in [-0.1, -0.05) is 48.6 Å². The Morgan fingerprint density at radius 1 is 0.875 bits per heavy atom. The summed E-state index contributed by atoms with van der Waals surface area (Å²) >= 11 is 0. The molecule has 2 aromatic rings. The standard InChI is InChI=1S/C26H24O6/c1-31-25-14-18(8-12-23(25)29)6-10-21(27)16-22(28)11-7-19-9-13-24(30)26(15-19)32-17-20-4-2-3-5-20/h2-15,20,29-30H,16-17H2,1H3/b10-6+,11-7+. The van der Waals surface area contributed by atoms with Crippen molar-refractivity contribution in [3.05, 3.63) is 84.0 Å². The minimum Gasteiger partial charge on any atom is -0.504 e. The number of phenols is 2. The van der Waals surface area contributed by atoms with E-state index in [1.165, 1.54) is 31.4 Å². The zero-order chi connectivity index (χ0) is 22.9. The van der Waals surface area contributed by atoms with E-state index in [0.717, 1.165) is 0 Å². The molecule has 0 saturated carbocycles. The Labute approximate surface area is 186 Å². The smallest absolute Gasteiger partial charge is 0.163 e. The van der Waals surface area contributed by atoms with Crippen LogP contribution in [0.4, 0.5) is 0 Å². The van der Waals surface area contributed by atoms with E-state index < -0.39 is 0 Å². The fraction of sp³-hybridized carbons (Fsp3) is 0.154. The number of aromatic hydroxyl groups is 2. The van der Waals surface area contributed by atoms with Crippen LogP contribution in [0, 0.1) is 5.92 Å². The third-order valence-electron chi connectivity index (χ3n) is 4.72. The lowest BCUT2D eigenvalue weighted by Crippen LogP contribution is -2.06. The molecule has 2 aromatic carbocycles. The van der Waals surface area contributed by atoms with E-state index in [1.54, 1.807) is 36.4 Å². The number of carbonyl (C=O) groups excluding carboxylic acids is 2. The zero-order valence-electron chi connectivity index (χ0n) is 17.6. The van der Waals surface area contributed by atoms with Gasteiger partial charge in [-0.15, -0.1) is 0 Å². The molecule has 0 fully saturated rings. The molecular weight excluding hydrogens is 408 g/mol. The SMILES string of the molecule is COc1cc(/C=C/C(=O)CC(=O)/C=C/c2ccc(O)c(OCC3C=CC=C3)c2)ccc1O. The Kier molecular flexibility index (Phi) is 7.65. The van der Waals surface area contributed by atoms with Gasteiger partial charge in [0.1, 0.15) is 0 Å². The lowest BCUT2D eigenvalue weighted by molar-refractivity contribution is -0.121. The molecule has 164 valence electrons. The number of hydrogen-bond acceptors (Lipinski definition) is 6. The van der Waals surface area contributed by atoms with E-state index in [9.17, 15) is 19.8 Å². The van der Waals surface area contributed by atoms with Crippen molar-refractivity contribution in [1.82, 2.24) is 0 Å². The average molecular weight is 432 g/mol. The van der Waals surface area contributed by atoms with Gasteiger partial charge in [0.15, 0.2) is 34.6 Å². The summed E-state index contributed by atoms with van der Waals surface area (Å²) in [5.74, 6) is 0.122. The van der Waals surface area contributed by atoms with Crippen LogP contribution in [-0.2, 0) is 9.59 Å². The third-order valence-corrected chi connectivity index (χ3v) is 4.72. The summed E-state index contributed by atoms with van der Waals surface area (Å²) < 4.78 is 10.7. The van der Waals surface area contributed by atoms with Crippen molar-refractivity contribution in [2.45, 2.75) is 6.42 Å². The number of methoxy groups -OCH3 is 1. The lowest BCUT2D eigenvalue weighted by Gasteiger charge is -2.11. The lowest BCUT2D eigenvalue weighted by atomic mass is 10.1. The van der Waals surface area contributed by atoms with Crippen molar-refractivity contribution in [3.8, 4) is 23.0 Å². The molecule has 0 aromatic heterocycles. The first kappa shape index (κ1) is 22.6. The minimum absolute atomic E-state index is 0.00583. The monoisotopic (exact) mass is 432 g/mol. The first-order valence-electron chi connectivity index (χ1n) is 10.0. The highest BCUT2D eigenvalue weighted by molar-refractivity contribution is 6.10. The Morgan fingerprint density at radius 3 is 1.97 bits per heavy atom. The van der Waals surface area contributed by atoms with E-state index in [4.69, 9.17) is 9.47 Å². The number of ketones is 2. The molecule has 6 nitrogen and oxygen atoms in total. The zero-order valence-corrected chi connectivity index (χ0v) is 17.6. The predicted molar refractivity (Wildman–Crippen MR) is 123 cm³/mol. The minimum atomic E-state index is -0.348. The molecule has 0 spiro atoms. The maximum atomic E-state index is 12.1. The molecule has 0 atom stereocenters. The fourth-order valence-electron chi connectivity index (χ4n) is 2.99. The fourth-order valence-corrected chi connectivity index (χ4v) is 2.99. The molecule has 0 radical (unpaired) electrons. The Bertz CT molecular complexity index is 1100. The molecule has 0 aliphatic heterocycles. The van der Waals surface area contributed by atoms with E-state index >= 15 is 0 Å². The van der Waals surface area contributed by atoms with Gasteiger partial charge in [-0.25, -0.2) is 0 Å². The Balaban J connectivity index is 1.55. The van der Waals surface area contributed by atoms with Crippen molar-refractivity contribution < 1.29 is 29.3 Å². The molecule has 0 heterocycles. The summed E-state index contributed by atoms with van der Waals surface area (Å²) in [7, 11) is 1.44. The van der Waals surface area contributed by atoms with Gasteiger partial charge in [-0.05, 0) is 47.5 Å². The highest BCUT2D eigenvalue weighted by Gasteiger charge is 2.09. The van der Waals surface area contributed by atoms with Gasteiger partial charge in [-0.2, -0.15) is 0 Å². The molecular formula is C26H24O6. The normalized spacial score (nSPS) is 13.3. The van der Waals surface area contributed by atoms with Crippen molar-refractivity contribution in [2.75, 3.05) is 13.7 Å². The van der Waals surface area contributed by atoms with Gasteiger partial charge in [0, 0.05) is 5.92 Å². The molecule has 6 heteroatoms. The first-order chi connectivity index (χ1) is 15.4. The number of phenolic OH excluding ortho intramolecular Hbond substituents is 2. The van der Waals surface area contributed by atoms with Crippen LogP contribution >= 0.6 is 0 Å². The second-order valence-corrected chi connectivity index (χ2v) is 7.18. The van der Waals surface area contributed by atoms with Crippen LogP contribution in [0.3, 0.4) is 0 Å². The largest absolute Gasteiger partial charge is 0.504 e. The maximum Gasteiger partial charge on any atom is 0.163 e. The molecule has 32 heavy (non-hydrogen) atoms. The summed E-state index contributed by atoms with van der Waals surface area (Å²) in [6.07, 6.45) is 13.4. The summed E-state index contributed by atoms with van der Waals surface area (Å²) in [6, 6.07) is 9.48. The second-order valence-electron chi connectivity index (χ2n) is 7.18. The number of hydrogen-bond donors (Lipinski definition) is 2. The molecule has 1 aliphatic rings. The van der Waals surface area contributed by atoms with Crippen LogP contribution in [-0.4, -0.2) is 35.5 Å². The summed E-state index contributed by atoms with van der Waals surface area (Å²) in [4.78, 5) is 24.2. The highest BCUT2D eigenvalue weighted by Crippen LogP contribution is 2.29. The van der Waals surface area contributed by atoms with Gasteiger partial charge < -0.3 is 19.7 Å². The highest BCUT2D eigenvalue weighted by atomic mass is 16.5. The van der Waals surface area contributed by atoms with Crippen LogP contribution in [0.2, 0.25) is 0 Å². The number of carbonyl (C=O) groups is 2. The van der Waals surface area contributed by atoms with E-state index in [-0.39, 0.29) is 35.4 Å². The van der Waals surface area contributed by atoms with Crippen molar-refractivity contribution in [1.29, 1.82) is 0 Å². The van der Waals surface area contributed by atoms with E-state index in [0.29, 0.717) is 29.2 Å². The molecule has 0 saturated heterocycles. The molecule has 1 aliphatic carbocycles. The first-order valence-corrected chi connectivity index (χ1v) is 10.0. The number of allylic oxidation sites excluding steroid dienone is 4. The molecule has 0 bridgehead atoms.